The lowest BCUT2D eigenvalue weighted by atomic mass is 10.1. The predicted molar refractivity (Wildman–Crippen MR) is 87.4 cm³/mol. The monoisotopic (exact) mass is 298 g/mol. The molecule has 3 heterocycles. The number of aryl methyl sites for hydroxylation is 3. The number of aromatic nitrogens is 5. The van der Waals surface area contributed by atoms with Gasteiger partial charge in [-0.05, 0) is 32.3 Å². The van der Waals surface area contributed by atoms with Gasteiger partial charge in [-0.25, -0.2) is 4.98 Å². The van der Waals surface area contributed by atoms with E-state index in [4.69, 9.17) is 0 Å². The molecule has 3 aromatic heterocycles. The normalized spacial score (nSPS) is 11.3. The van der Waals surface area contributed by atoms with Crippen molar-refractivity contribution in [3.8, 4) is 0 Å². The van der Waals surface area contributed by atoms with Gasteiger partial charge in [0.15, 0.2) is 5.65 Å². The van der Waals surface area contributed by atoms with E-state index in [1.807, 2.05) is 17.5 Å². The Morgan fingerprint density at radius 2 is 2.14 bits per heavy atom. The fourth-order valence-electron chi connectivity index (χ4n) is 2.74. The maximum Gasteiger partial charge on any atom is 0.157 e. The summed E-state index contributed by atoms with van der Waals surface area (Å²) in [6, 6.07) is 4.07. The van der Waals surface area contributed by atoms with Crippen LogP contribution in [0, 0.1) is 13.8 Å². The summed E-state index contributed by atoms with van der Waals surface area (Å²) in [6.07, 6.45) is 3.67. The van der Waals surface area contributed by atoms with Crippen LogP contribution in [0.25, 0.3) is 5.65 Å². The highest BCUT2D eigenvalue weighted by Crippen LogP contribution is 2.18. The van der Waals surface area contributed by atoms with Crippen molar-refractivity contribution in [1.82, 2.24) is 24.8 Å². The first-order chi connectivity index (χ1) is 10.6. The first-order valence-corrected chi connectivity index (χ1v) is 7.65. The number of hydrogen-bond donors (Lipinski definition) is 1. The number of fused-ring (bicyclic) bond motifs is 1. The topological polar surface area (TPSA) is 62.1 Å². The molecular weight excluding hydrogens is 276 g/mol. The summed E-state index contributed by atoms with van der Waals surface area (Å²) in [5, 5.41) is 11.7. The van der Waals surface area contributed by atoms with Crippen molar-refractivity contribution >= 4 is 11.5 Å². The molecule has 0 amide bonds. The van der Waals surface area contributed by atoms with Gasteiger partial charge in [-0.2, -0.15) is 14.7 Å². The van der Waals surface area contributed by atoms with Crippen molar-refractivity contribution in [2.45, 2.75) is 33.6 Å². The fourth-order valence-corrected chi connectivity index (χ4v) is 2.74. The van der Waals surface area contributed by atoms with Crippen LogP contribution in [0.2, 0.25) is 0 Å². The third kappa shape index (κ3) is 2.56. The summed E-state index contributed by atoms with van der Waals surface area (Å²) >= 11 is 0. The first-order valence-electron chi connectivity index (χ1n) is 7.65. The molecule has 22 heavy (non-hydrogen) atoms. The van der Waals surface area contributed by atoms with E-state index < -0.39 is 0 Å². The number of aromatic amines is 1. The minimum Gasteiger partial charge on any atom is -0.359 e. The van der Waals surface area contributed by atoms with E-state index in [1.165, 1.54) is 5.56 Å². The summed E-state index contributed by atoms with van der Waals surface area (Å²) < 4.78 is 1.90. The second-order valence-electron chi connectivity index (χ2n) is 5.64. The third-order valence-corrected chi connectivity index (χ3v) is 4.12. The molecule has 6 nitrogen and oxygen atoms in total. The van der Waals surface area contributed by atoms with Crippen molar-refractivity contribution in [1.29, 1.82) is 0 Å². The molecule has 0 fully saturated rings. The van der Waals surface area contributed by atoms with Gasteiger partial charge in [0.1, 0.15) is 5.82 Å². The van der Waals surface area contributed by atoms with E-state index in [2.05, 4.69) is 52.1 Å². The van der Waals surface area contributed by atoms with Gasteiger partial charge in [0.25, 0.3) is 0 Å². The number of hydrogen-bond acceptors (Lipinski definition) is 4. The van der Waals surface area contributed by atoms with Crippen LogP contribution in [-0.2, 0) is 12.8 Å². The smallest absolute Gasteiger partial charge is 0.157 e. The van der Waals surface area contributed by atoms with Gasteiger partial charge >= 0.3 is 0 Å². The lowest BCUT2D eigenvalue weighted by Crippen LogP contribution is -2.24. The Balaban J connectivity index is 1.85. The second kappa shape index (κ2) is 5.79. The van der Waals surface area contributed by atoms with Crippen LogP contribution in [0.3, 0.4) is 0 Å². The van der Waals surface area contributed by atoms with Crippen molar-refractivity contribution in [2.75, 3.05) is 18.5 Å². The molecule has 0 aliphatic carbocycles. The molecular formula is C16H22N6. The molecule has 3 aromatic rings. The number of nitrogens with one attached hydrogen (secondary N) is 1. The van der Waals surface area contributed by atoms with Crippen LogP contribution in [0.5, 0.6) is 0 Å². The molecule has 0 aliphatic rings. The van der Waals surface area contributed by atoms with Crippen LogP contribution < -0.4 is 4.90 Å². The van der Waals surface area contributed by atoms with Gasteiger partial charge in [-0.3, -0.25) is 5.10 Å². The van der Waals surface area contributed by atoms with E-state index in [0.717, 1.165) is 47.9 Å². The highest BCUT2D eigenvalue weighted by molar-refractivity contribution is 5.50. The molecule has 6 heteroatoms. The molecule has 0 atom stereocenters. The highest BCUT2D eigenvalue weighted by atomic mass is 15.3. The number of H-pyrrole nitrogens is 1. The second-order valence-corrected chi connectivity index (χ2v) is 5.64. The molecule has 0 aliphatic heterocycles. The van der Waals surface area contributed by atoms with Crippen LogP contribution in [-0.4, -0.2) is 38.4 Å². The number of likely N-dealkylation sites (N-methyl/N-ethyl adjacent to an activating group) is 1. The Bertz CT molecular complexity index is 766. The predicted octanol–water partition coefficient (Wildman–Crippen LogP) is 2.31. The molecule has 0 unspecified atom stereocenters. The molecule has 0 aromatic carbocycles. The molecule has 0 radical (unpaired) electrons. The molecule has 0 bridgehead atoms. The molecule has 3 rings (SSSR count). The summed E-state index contributed by atoms with van der Waals surface area (Å²) in [4.78, 5) is 6.82. The van der Waals surface area contributed by atoms with Gasteiger partial charge in [0.05, 0.1) is 11.9 Å². The third-order valence-electron chi connectivity index (χ3n) is 4.12. The minimum atomic E-state index is 0.900. The zero-order chi connectivity index (χ0) is 15.7. The Morgan fingerprint density at radius 3 is 2.82 bits per heavy atom. The summed E-state index contributed by atoms with van der Waals surface area (Å²) in [7, 11) is 2.10. The van der Waals surface area contributed by atoms with Gasteiger partial charge < -0.3 is 4.90 Å². The fraction of sp³-hybridized carbons (Fsp3) is 0.438. The first kappa shape index (κ1) is 14.6. The number of rotatable bonds is 5. The van der Waals surface area contributed by atoms with E-state index >= 15 is 0 Å². The Morgan fingerprint density at radius 1 is 1.32 bits per heavy atom. The van der Waals surface area contributed by atoms with E-state index in [1.54, 1.807) is 6.20 Å². The van der Waals surface area contributed by atoms with E-state index in [0.29, 0.717) is 0 Å². The quantitative estimate of drug-likeness (QED) is 0.785. The summed E-state index contributed by atoms with van der Waals surface area (Å²) in [5.41, 5.74) is 5.52. The molecule has 0 saturated heterocycles. The molecule has 0 spiro atoms. The Hall–Kier alpha value is -2.37. The zero-order valence-corrected chi connectivity index (χ0v) is 13.6. The van der Waals surface area contributed by atoms with E-state index in [-0.39, 0.29) is 0 Å². The molecule has 0 saturated carbocycles. The Labute approximate surface area is 130 Å². The molecule has 116 valence electrons. The Kier molecular flexibility index (Phi) is 3.83. The average molecular weight is 298 g/mol. The number of nitrogens with zero attached hydrogens (tertiary/aromatic N) is 5. The van der Waals surface area contributed by atoms with E-state index in [9.17, 15) is 0 Å². The lowest BCUT2D eigenvalue weighted by molar-refractivity contribution is 0.804. The van der Waals surface area contributed by atoms with Gasteiger partial charge in [0.2, 0.25) is 0 Å². The number of anilines is 1. The highest BCUT2D eigenvalue weighted by Gasteiger charge is 2.12. The maximum atomic E-state index is 4.59. The largest absolute Gasteiger partial charge is 0.359 e. The van der Waals surface area contributed by atoms with Gasteiger partial charge in [0, 0.05) is 37.1 Å². The zero-order valence-electron chi connectivity index (χ0n) is 13.6. The van der Waals surface area contributed by atoms with Crippen molar-refractivity contribution < 1.29 is 0 Å². The van der Waals surface area contributed by atoms with Crippen LogP contribution in [0.4, 0.5) is 5.82 Å². The van der Waals surface area contributed by atoms with Crippen LogP contribution >= 0.6 is 0 Å². The summed E-state index contributed by atoms with van der Waals surface area (Å²) in [5.74, 6) is 1.07. The molecule has 1 N–H and O–H groups in total. The maximum absolute atomic E-state index is 4.59. The van der Waals surface area contributed by atoms with Gasteiger partial charge in [-0.1, -0.05) is 6.92 Å². The van der Waals surface area contributed by atoms with Gasteiger partial charge in [-0.15, -0.1) is 0 Å². The standard InChI is InChI=1S/C16H22N6/c1-5-13-10-16(22-15(18-13)6-8-17-22)21(4)9-7-14-11(2)19-20-12(14)3/h6,8,10H,5,7,9H2,1-4H3,(H,19,20). The van der Waals surface area contributed by atoms with Crippen molar-refractivity contribution in [2.24, 2.45) is 0 Å². The van der Waals surface area contributed by atoms with Crippen LogP contribution in [0.1, 0.15) is 29.6 Å². The average Bonchev–Trinajstić information content (AvgIpc) is 3.11. The van der Waals surface area contributed by atoms with Crippen LogP contribution in [0.15, 0.2) is 18.3 Å². The van der Waals surface area contributed by atoms with Crippen molar-refractivity contribution in [3.63, 3.8) is 0 Å². The SMILES string of the molecule is CCc1cc(N(C)CCc2c(C)n[nH]c2C)n2nccc2n1. The lowest BCUT2D eigenvalue weighted by Gasteiger charge is -2.20. The van der Waals surface area contributed by atoms with Crippen molar-refractivity contribution in [3.05, 3.63) is 41.0 Å². The minimum absolute atomic E-state index is 0.900. The summed E-state index contributed by atoms with van der Waals surface area (Å²) in [6.45, 7) is 7.15.